The maximum Gasteiger partial charge on any atom is 0.272 e. The average Bonchev–Trinajstić information content (AvgIpc) is 2.72. The molecule has 0 aliphatic rings. The van der Waals surface area contributed by atoms with Crippen molar-refractivity contribution in [1.82, 2.24) is 14.9 Å². The molecule has 29 heavy (non-hydrogen) atoms. The summed E-state index contributed by atoms with van der Waals surface area (Å²) in [6.45, 7) is 6.37. The average molecular weight is 388 g/mol. The first-order valence-corrected chi connectivity index (χ1v) is 9.53. The van der Waals surface area contributed by atoms with Crippen molar-refractivity contribution >= 4 is 23.3 Å². The van der Waals surface area contributed by atoms with Crippen molar-refractivity contribution in [3.05, 3.63) is 83.2 Å². The number of aromatic nitrogens is 2. The fourth-order valence-electron chi connectivity index (χ4n) is 2.97. The second-order valence-electron chi connectivity index (χ2n) is 6.79. The summed E-state index contributed by atoms with van der Waals surface area (Å²) in [6.07, 6.45) is 0. The van der Waals surface area contributed by atoms with Gasteiger partial charge in [0.05, 0.1) is 0 Å². The van der Waals surface area contributed by atoms with Gasteiger partial charge in [0, 0.05) is 30.0 Å². The van der Waals surface area contributed by atoms with Crippen LogP contribution >= 0.6 is 0 Å². The number of rotatable bonds is 7. The van der Waals surface area contributed by atoms with Gasteiger partial charge in [-0.2, -0.15) is 0 Å². The Morgan fingerprint density at radius 2 is 1.76 bits per heavy atom. The summed E-state index contributed by atoms with van der Waals surface area (Å²) in [5.74, 6) is 0.154. The molecule has 0 saturated heterocycles. The van der Waals surface area contributed by atoms with E-state index in [0.29, 0.717) is 41.7 Å². The Hall–Kier alpha value is -3.54. The molecule has 0 atom stereocenters. The first-order valence-electron chi connectivity index (χ1n) is 9.53. The Morgan fingerprint density at radius 1 is 1.00 bits per heavy atom. The SMILES string of the molecule is CCN(Cc1ccccc1)C(=O)c1cc(C)nc(Nc2cccc(C(C)=O)c2)n1. The molecule has 6 heteroatoms. The van der Waals surface area contributed by atoms with Gasteiger partial charge in [0.25, 0.3) is 5.91 Å². The summed E-state index contributed by atoms with van der Waals surface area (Å²) in [7, 11) is 0. The van der Waals surface area contributed by atoms with Crippen molar-refractivity contribution in [2.24, 2.45) is 0 Å². The standard InChI is InChI=1S/C23H24N4O2/c1-4-27(15-18-9-6-5-7-10-18)22(29)21-13-16(2)24-23(26-21)25-20-12-8-11-19(14-20)17(3)28/h5-14H,4,15H2,1-3H3,(H,24,25,26). The molecule has 2 aromatic carbocycles. The van der Waals surface area contributed by atoms with E-state index < -0.39 is 0 Å². The van der Waals surface area contributed by atoms with Crippen LogP contribution in [0.15, 0.2) is 60.7 Å². The van der Waals surface area contributed by atoms with E-state index in [4.69, 9.17) is 0 Å². The summed E-state index contributed by atoms with van der Waals surface area (Å²) >= 11 is 0. The monoisotopic (exact) mass is 388 g/mol. The highest BCUT2D eigenvalue weighted by atomic mass is 16.2. The van der Waals surface area contributed by atoms with Crippen molar-refractivity contribution in [3.8, 4) is 0 Å². The van der Waals surface area contributed by atoms with Crippen LogP contribution in [0.5, 0.6) is 0 Å². The molecule has 0 radical (unpaired) electrons. The first-order chi connectivity index (χ1) is 14.0. The molecule has 0 aliphatic heterocycles. The molecule has 148 valence electrons. The Bertz CT molecular complexity index is 1020. The Balaban J connectivity index is 1.83. The lowest BCUT2D eigenvalue weighted by molar-refractivity contribution is 0.0746. The normalized spacial score (nSPS) is 10.4. The highest BCUT2D eigenvalue weighted by Crippen LogP contribution is 2.17. The molecular weight excluding hydrogens is 364 g/mol. The lowest BCUT2D eigenvalue weighted by Crippen LogP contribution is -2.31. The molecule has 6 nitrogen and oxygen atoms in total. The number of hydrogen-bond donors (Lipinski definition) is 1. The minimum Gasteiger partial charge on any atom is -0.333 e. The van der Waals surface area contributed by atoms with Crippen molar-refractivity contribution in [1.29, 1.82) is 0 Å². The largest absolute Gasteiger partial charge is 0.333 e. The lowest BCUT2D eigenvalue weighted by atomic mass is 10.1. The third kappa shape index (κ3) is 5.25. The van der Waals surface area contributed by atoms with Crippen LogP contribution in [0, 0.1) is 6.92 Å². The number of carbonyl (C=O) groups excluding carboxylic acids is 2. The van der Waals surface area contributed by atoms with Crippen LogP contribution in [0.1, 0.15) is 46.0 Å². The second kappa shape index (κ2) is 9.10. The Morgan fingerprint density at radius 3 is 2.45 bits per heavy atom. The number of nitrogens with zero attached hydrogens (tertiary/aromatic N) is 3. The second-order valence-corrected chi connectivity index (χ2v) is 6.79. The number of nitrogens with one attached hydrogen (secondary N) is 1. The van der Waals surface area contributed by atoms with E-state index in [9.17, 15) is 9.59 Å². The highest BCUT2D eigenvalue weighted by molar-refractivity contribution is 5.95. The van der Waals surface area contributed by atoms with Gasteiger partial charge in [0.1, 0.15) is 5.69 Å². The van der Waals surface area contributed by atoms with Gasteiger partial charge in [-0.3, -0.25) is 9.59 Å². The highest BCUT2D eigenvalue weighted by Gasteiger charge is 2.18. The number of Topliss-reactive ketones (excluding diaryl/α,β-unsaturated/α-hetero) is 1. The maximum absolute atomic E-state index is 13.0. The molecule has 0 bridgehead atoms. The third-order valence-electron chi connectivity index (χ3n) is 4.48. The minimum atomic E-state index is -0.151. The Kier molecular flexibility index (Phi) is 6.34. The maximum atomic E-state index is 13.0. The number of ketones is 1. The summed E-state index contributed by atoms with van der Waals surface area (Å²) in [6, 6.07) is 18.7. The summed E-state index contributed by atoms with van der Waals surface area (Å²) in [5.41, 5.74) is 3.37. The molecule has 1 aromatic heterocycles. The van der Waals surface area contributed by atoms with Crippen LogP contribution in [0.3, 0.4) is 0 Å². The molecule has 0 unspecified atom stereocenters. The van der Waals surface area contributed by atoms with Crippen molar-refractivity contribution in [2.75, 3.05) is 11.9 Å². The van der Waals surface area contributed by atoms with E-state index in [2.05, 4.69) is 15.3 Å². The van der Waals surface area contributed by atoms with Crippen LogP contribution in [0.2, 0.25) is 0 Å². The first kappa shape index (κ1) is 20.2. The van der Waals surface area contributed by atoms with Gasteiger partial charge in [0.15, 0.2) is 5.78 Å². The summed E-state index contributed by atoms with van der Waals surface area (Å²) in [4.78, 5) is 35.2. The molecule has 0 fully saturated rings. The molecule has 3 rings (SSSR count). The van der Waals surface area contributed by atoms with Crippen LogP contribution in [0.25, 0.3) is 0 Å². The zero-order valence-electron chi connectivity index (χ0n) is 16.8. The molecular formula is C23H24N4O2. The van der Waals surface area contributed by atoms with Gasteiger partial charge in [0.2, 0.25) is 5.95 Å². The third-order valence-corrected chi connectivity index (χ3v) is 4.48. The molecule has 1 amide bonds. The van der Waals surface area contributed by atoms with Crippen LogP contribution in [-0.4, -0.2) is 33.1 Å². The van der Waals surface area contributed by atoms with Crippen LogP contribution in [-0.2, 0) is 6.54 Å². The zero-order chi connectivity index (χ0) is 20.8. The molecule has 1 heterocycles. The predicted octanol–water partition coefficient (Wildman–Crippen LogP) is 4.39. The van der Waals surface area contributed by atoms with Crippen molar-refractivity contribution < 1.29 is 9.59 Å². The van der Waals surface area contributed by atoms with E-state index in [1.165, 1.54) is 6.92 Å². The predicted molar refractivity (Wildman–Crippen MR) is 113 cm³/mol. The number of anilines is 2. The van der Waals surface area contributed by atoms with Gasteiger partial charge in [-0.25, -0.2) is 9.97 Å². The molecule has 0 spiro atoms. The van der Waals surface area contributed by atoms with E-state index in [1.807, 2.05) is 50.2 Å². The molecule has 1 N–H and O–H groups in total. The van der Waals surface area contributed by atoms with Gasteiger partial charge in [-0.1, -0.05) is 42.5 Å². The number of amides is 1. The quantitative estimate of drug-likeness (QED) is 0.608. The van der Waals surface area contributed by atoms with Gasteiger partial charge in [-0.05, 0) is 44.5 Å². The van der Waals surface area contributed by atoms with E-state index >= 15 is 0 Å². The van der Waals surface area contributed by atoms with E-state index in [1.54, 1.807) is 29.2 Å². The Labute approximate surface area is 170 Å². The van der Waals surface area contributed by atoms with E-state index in [0.717, 1.165) is 5.56 Å². The van der Waals surface area contributed by atoms with Crippen molar-refractivity contribution in [3.63, 3.8) is 0 Å². The topological polar surface area (TPSA) is 75.2 Å². The smallest absolute Gasteiger partial charge is 0.272 e. The number of benzene rings is 2. The van der Waals surface area contributed by atoms with Crippen LogP contribution < -0.4 is 5.32 Å². The summed E-state index contributed by atoms with van der Waals surface area (Å²) in [5, 5.41) is 3.10. The summed E-state index contributed by atoms with van der Waals surface area (Å²) < 4.78 is 0. The minimum absolute atomic E-state index is 0.0193. The lowest BCUT2D eigenvalue weighted by Gasteiger charge is -2.21. The molecule has 0 saturated carbocycles. The fourth-order valence-corrected chi connectivity index (χ4v) is 2.97. The number of aryl methyl sites for hydroxylation is 1. The fraction of sp³-hybridized carbons (Fsp3) is 0.217. The van der Waals surface area contributed by atoms with Gasteiger partial charge in [-0.15, -0.1) is 0 Å². The van der Waals surface area contributed by atoms with Gasteiger partial charge < -0.3 is 10.2 Å². The number of hydrogen-bond acceptors (Lipinski definition) is 5. The molecule has 0 aliphatic carbocycles. The number of carbonyl (C=O) groups is 2. The van der Waals surface area contributed by atoms with Crippen molar-refractivity contribution in [2.45, 2.75) is 27.3 Å². The van der Waals surface area contributed by atoms with Gasteiger partial charge >= 0.3 is 0 Å². The van der Waals surface area contributed by atoms with E-state index in [-0.39, 0.29) is 11.7 Å². The van der Waals surface area contributed by atoms with Crippen LogP contribution in [0.4, 0.5) is 11.6 Å². The zero-order valence-corrected chi connectivity index (χ0v) is 16.8. The molecule has 3 aromatic rings.